The molecule has 16 heavy (non-hydrogen) atoms. The molecule has 0 aliphatic carbocycles. The second kappa shape index (κ2) is 5.55. The number of hydrogen-bond donors (Lipinski definition) is 1. The van der Waals surface area contributed by atoms with Crippen LogP contribution in [-0.2, 0) is 0 Å². The Kier molecular flexibility index (Phi) is 4.63. The first-order valence-corrected chi connectivity index (χ1v) is 6.08. The molecule has 90 valence electrons. The van der Waals surface area contributed by atoms with Gasteiger partial charge < -0.3 is 10.5 Å². The van der Waals surface area contributed by atoms with Crippen molar-refractivity contribution in [2.24, 2.45) is 5.73 Å². The normalized spacial score (nSPS) is 12.6. The summed E-state index contributed by atoms with van der Waals surface area (Å²) in [4.78, 5) is 0. The highest BCUT2D eigenvalue weighted by Crippen LogP contribution is 2.35. The number of hydrogen-bond acceptors (Lipinski definition) is 2. The Bertz CT molecular complexity index is 377. The van der Waals surface area contributed by atoms with Crippen molar-refractivity contribution in [3.8, 4) is 5.75 Å². The zero-order valence-corrected chi connectivity index (χ0v) is 11.2. The first kappa shape index (κ1) is 13.3. The lowest BCUT2D eigenvalue weighted by Gasteiger charge is -2.20. The molecule has 0 aliphatic heterocycles. The number of aryl methyl sites for hydroxylation is 1. The fraction of sp³-hybridized carbons (Fsp3) is 0.538. The summed E-state index contributed by atoms with van der Waals surface area (Å²) >= 11 is 6.24. The molecular formula is C13H20ClNO. The molecule has 0 aromatic heterocycles. The lowest BCUT2D eigenvalue weighted by Crippen LogP contribution is -2.13. The van der Waals surface area contributed by atoms with Gasteiger partial charge in [0, 0.05) is 16.6 Å². The molecule has 1 rings (SSSR count). The molecule has 2 N–H and O–H groups in total. The van der Waals surface area contributed by atoms with Crippen molar-refractivity contribution in [2.45, 2.75) is 40.2 Å². The predicted molar refractivity (Wildman–Crippen MR) is 69.3 cm³/mol. The van der Waals surface area contributed by atoms with Crippen molar-refractivity contribution >= 4 is 11.6 Å². The molecule has 0 fully saturated rings. The van der Waals surface area contributed by atoms with Crippen molar-refractivity contribution in [3.63, 3.8) is 0 Å². The van der Waals surface area contributed by atoms with Crippen molar-refractivity contribution < 1.29 is 4.74 Å². The van der Waals surface area contributed by atoms with E-state index in [2.05, 4.69) is 6.92 Å². The van der Waals surface area contributed by atoms with Crippen LogP contribution in [0, 0.1) is 13.8 Å². The van der Waals surface area contributed by atoms with Gasteiger partial charge in [-0.05, 0) is 44.4 Å². The maximum absolute atomic E-state index is 6.24. The van der Waals surface area contributed by atoms with Gasteiger partial charge in [0.1, 0.15) is 5.75 Å². The maximum atomic E-state index is 6.24. The molecule has 0 saturated carbocycles. The van der Waals surface area contributed by atoms with E-state index in [0.717, 1.165) is 33.9 Å². The minimum Gasteiger partial charge on any atom is -0.494 e. The zero-order valence-electron chi connectivity index (χ0n) is 10.4. The van der Waals surface area contributed by atoms with Crippen LogP contribution in [0.25, 0.3) is 0 Å². The fourth-order valence-electron chi connectivity index (χ4n) is 1.88. The second-order valence-corrected chi connectivity index (χ2v) is 4.37. The predicted octanol–water partition coefficient (Wildman–Crippen LogP) is 3.77. The minimum absolute atomic E-state index is 0.0142. The summed E-state index contributed by atoms with van der Waals surface area (Å²) in [7, 11) is 0. The number of ether oxygens (including phenoxy) is 1. The Morgan fingerprint density at radius 2 is 2.00 bits per heavy atom. The molecule has 3 heteroatoms. The standard InChI is InChI=1S/C13H20ClNO/c1-5-10(15)12-9(4)13(14)8(3)7-11(12)16-6-2/h7,10H,5-6,15H2,1-4H3. The molecule has 0 spiro atoms. The van der Waals surface area contributed by atoms with E-state index in [-0.39, 0.29) is 6.04 Å². The van der Waals surface area contributed by atoms with Crippen molar-refractivity contribution in [2.75, 3.05) is 6.61 Å². The topological polar surface area (TPSA) is 35.2 Å². The molecular weight excluding hydrogens is 222 g/mol. The summed E-state index contributed by atoms with van der Waals surface area (Å²) in [5.74, 6) is 0.872. The minimum atomic E-state index is -0.0142. The fourth-order valence-corrected chi connectivity index (χ4v) is 2.03. The van der Waals surface area contributed by atoms with Crippen LogP contribution in [0.15, 0.2) is 6.07 Å². The van der Waals surface area contributed by atoms with Crippen LogP contribution in [0.3, 0.4) is 0 Å². The molecule has 0 aliphatic rings. The molecule has 0 radical (unpaired) electrons. The number of benzene rings is 1. The van der Waals surface area contributed by atoms with Crippen LogP contribution in [0.2, 0.25) is 5.02 Å². The molecule has 1 unspecified atom stereocenters. The van der Waals surface area contributed by atoms with Crippen LogP contribution in [-0.4, -0.2) is 6.61 Å². The third-order valence-corrected chi connectivity index (χ3v) is 3.38. The average Bonchev–Trinajstić information content (AvgIpc) is 2.26. The van der Waals surface area contributed by atoms with Crippen LogP contribution in [0.4, 0.5) is 0 Å². The molecule has 0 heterocycles. The monoisotopic (exact) mass is 241 g/mol. The van der Waals surface area contributed by atoms with Gasteiger partial charge in [0.15, 0.2) is 0 Å². The number of halogens is 1. The quantitative estimate of drug-likeness (QED) is 0.871. The smallest absolute Gasteiger partial charge is 0.124 e. The van der Waals surface area contributed by atoms with Crippen LogP contribution >= 0.6 is 11.6 Å². The third kappa shape index (κ3) is 2.50. The Labute approximate surface area is 103 Å². The highest BCUT2D eigenvalue weighted by Gasteiger charge is 2.17. The van der Waals surface area contributed by atoms with Crippen molar-refractivity contribution in [3.05, 3.63) is 27.8 Å². The van der Waals surface area contributed by atoms with E-state index in [4.69, 9.17) is 22.1 Å². The van der Waals surface area contributed by atoms with Gasteiger partial charge in [0.2, 0.25) is 0 Å². The van der Waals surface area contributed by atoms with Gasteiger partial charge in [-0.1, -0.05) is 18.5 Å². The number of rotatable bonds is 4. The first-order valence-electron chi connectivity index (χ1n) is 5.70. The summed E-state index contributed by atoms with van der Waals surface area (Å²) in [6, 6.07) is 1.96. The SMILES string of the molecule is CCOc1cc(C)c(Cl)c(C)c1C(N)CC. The molecule has 0 bridgehead atoms. The van der Waals surface area contributed by atoms with Gasteiger partial charge in [-0.15, -0.1) is 0 Å². The van der Waals surface area contributed by atoms with E-state index >= 15 is 0 Å². The largest absolute Gasteiger partial charge is 0.494 e. The highest BCUT2D eigenvalue weighted by molar-refractivity contribution is 6.32. The molecule has 2 nitrogen and oxygen atoms in total. The van der Waals surface area contributed by atoms with Crippen molar-refractivity contribution in [1.29, 1.82) is 0 Å². The van der Waals surface area contributed by atoms with Gasteiger partial charge >= 0.3 is 0 Å². The summed E-state index contributed by atoms with van der Waals surface area (Å²) in [5, 5.41) is 0.794. The second-order valence-electron chi connectivity index (χ2n) is 3.99. The first-order chi connectivity index (χ1) is 7.52. The lowest BCUT2D eigenvalue weighted by atomic mass is 9.96. The van der Waals surface area contributed by atoms with E-state index in [1.165, 1.54) is 0 Å². The van der Waals surface area contributed by atoms with Crippen LogP contribution < -0.4 is 10.5 Å². The summed E-state index contributed by atoms with van der Waals surface area (Å²) in [6.45, 7) is 8.67. The van der Waals surface area contributed by atoms with Crippen LogP contribution in [0.1, 0.15) is 43.0 Å². The van der Waals surface area contributed by atoms with E-state index in [1.54, 1.807) is 0 Å². The van der Waals surface area contributed by atoms with Crippen LogP contribution in [0.5, 0.6) is 5.75 Å². The molecule has 1 aromatic rings. The van der Waals surface area contributed by atoms with E-state index in [0.29, 0.717) is 6.61 Å². The summed E-state index contributed by atoms with van der Waals surface area (Å²) in [5.41, 5.74) is 9.23. The van der Waals surface area contributed by atoms with Gasteiger partial charge in [-0.3, -0.25) is 0 Å². The Morgan fingerprint density at radius 3 is 2.50 bits per heavy atom. The highest BCUT2D eigenvalue weighted by atomic mass is 35.5. The van der Waals surface area contributed by atoms with Gasteiger partial charge in [-0.2, -0.15) is 0 Å². The maximum Gasteiger partial charge on any atom is 0.124 e. The average molecular weight is 242 g/mol. The molecule has 1 aromatic carbocycles. The summed E-state index contributed by atoms with van der Waals surface area (Å²) < 4.78 is 5.64. The van der Waals surface area contributed by atoms with Gasteiger partial charge in [-0.25, -0.2) is 0 Å². The molecule has 1 atom stereocenters. The van der Waals surface area contributed by atoms with E-state index in [9.17, 15) is 0 Å². The van der Waals surface area contributed by atoms with Gasteiger partial charge in [0.25, 0.3) is 0 Å². The summed E-state index contributed by atoms with van der Waals surface area (Å²) in [6.07, 6.45) is 0.875. The Morgan fingerprint density at radius 1 is 1.38 bits per heavy atom. The Balaban J connectivity index is 3.35. The van der Waals surface area contributed by atoms with E-state index in [1.807, 2.05) is 26.8 Å². The van der Waals surface area contributed by atoms with E-state index < -0.39 is 0 Å². The lowest BCUT2D eigenvalue weighted by molar-refractivity contribution is 0.333. The molecule has 0 saturated heterocycles. The van der Waals surface area contributed by atoms with Gasteiger partial charge in [0.05, 0.1) is 6.61 Å². The zero-order chi connectivity index (χ0) is 12.3. The third-order valence-electron chi connectivity index (χ3n) is 2.80. The number of nitrogens with two attached hydrogens (primary N) is 1. The Hall–Kier alpha value is -0.730. The molecule has 0 amide bonds. The van der Waals surface area contributed by atoms with Crippen molar-refractivity contribution in [1.82, 2.24) is 0 Å².